The zero-order valence-electron chi connectivity index (χ0n) is 16.2. The highest BCUT2D eigenvalue weighted by molar-refractivity contribution is 6.30. The summed E-state index contributed by atoms with van der Waals surface area (Å²) in [5.74, 6) is 1.28. The summed E-state index contributed by atoms with van der Waals surface area (Å²) < 4.78 is 12.0. The Morgan fingerprint density at radius 1 is 1.33 bits per heavy atom. The molecular formula is C22H26ClNO3. The van der Waals surface area contributed by atoms with Crippen LogP contribution < -0.4 is 14.8 Å². The second-order valence-corrected chi connectivity index (χ2v) is 8.08. The predicted molar refractivity (Wildman–Crippen MR) is 108 cm³/mol. The number of ether oxygens (including phenoxy) is 2. The number of amides is 1. The maximum Gasteiger partial charge on any atom is 0.261 e. The molecule has 2 aromatic carbocycles. The largest absolute Gasteiger partial charge is 0.487 e. The Morgan fingerprint density at radius 3 is 2.81 bits per heavy atom. The van der Waals surface area contributed by atoms with Gasteiger partial charge in [0.15, 0.2) is 6.10 Å². The van der Waals surface area contributed by atoms with Crippen molar-refractivity contribution < 1.29 is 14.3 Å². The molecule has 1 heterocycles. The smallest absolute Gasteiger partial charge is 0.261 e. The highest BCUT2D eigenvalue weighted by atomic mass is 35.5. The summed E-state index contributed by atoms with van der Waals surface area (Å²) in [7, 11) is 0. The monoisotopic (exact) mass is 387 g/mol. The summed E-state index contributed by atoms with van der Waals surface area (Å²) in [5, 5.41) is 3.75. The van der Waals surface area contributed by atoms with Crippen molar-refractivity contribution in [2.45, 2.75) is 58.3 Å². The minimum Gasteiger partial charge on any atom is -0.487 e. The summed E-state index contributed by atoms with van der Waals surface area (Å²) in [5.41, 5.74) is 1.80. The quantitative estimate of drug-likeness (QED) is 0.764. The van der Waals surface area contributed by atoms with Crippen LogP contribution in [0.1, 0.15) is 50.8 Å². The zero-order valence-corrected chi connectivity index (χ0v) is 17.0. The Labute approximate surface area is 165 Å². The molecule has 2 aromatic rings. The molecule has 0 aromatic heterocycles. The lowest BCUT2D eigenvalue weighted by Gasteiger charge is -2.38. The van der Waals surface area contributed by atoms with E-state index < -0.39 is 6.10 Å². The van der Waals surface area contributed by atoms with Gasteiger partial charge in [-0.1, -0.05) is 42.3 Å². The number of aryl methyl sites for hydroxylation is 1. The van der Waals surface area contributed by atoms with Crippen LogP contribution in [-0.2, 0) is 4.79 Å². The first kappa shape index (κ1) is 19.6. The van der Waals surface area contributed by atoms with Gasteiger partial charge < -0.3 is 14.8 Å². The summed E-state index contributed by atoms with van der Waals surface area (Å²) in [6.07, 6.45) is 0.678. The van der Waals surface area contributed by atoms with E-state index >= 15 is 0 Å². The van der Waals surface area contributed by atoms with E-state index in [4.69, 9.17) is 21.1 Å². The molecule has 1 aliphatic heterocycles. The molecule has 5 heteroatoms. The summed E-state index contributed by atoms with van der Waals surface area (Å²) in [6, 6.07) is 13.1. The van der Waals surface area contributed by atoms with Crippen molar-refractivity contribution >= 4 is 17.5 Å². The molecule has 0 saturated heterocycles. The third kappa shape index (κ3) is 4.75. The van der Waals surface area contributed by atoms with Crippen LogP contribution in [0.2, 0.25) is 5.02 Å². The van der Waals surface area contributed by atoms with Gasteiger partial charge in [-0.3, -0.25) is 4.79 Å². The number of benzene rings is 2. The molecule has 0 saturated carbocycles. The van der Waals surface area contributed by atoms with E-state index in [0.717, 1.165) is 16.9 Å². The molecule has 1 amide bonds. The molecule has 0 bridgehead atoms. The van der Waals surface area contributed by atoms with E-state index in [1.165, 1.54) is 0 Å². The molecule has 2 atom stereocenters. The van der Waals surface area contributed by atoms with E-state index in [9.17, 15) is 4.79 Å². The van der Waals surface area contributed by atoms with Gasteiger partial charge in [0.25, 0.3) is 5.91 Å². The Balaban J connectivity index is 1.78. The summed E-state index contributed by atoms with van der Waals surface area (Å²) in [4.78, 5) is 12.9. The molecule has 1 aliphatic rings. The molecule has 1 N–H and O–H groups in total. The van der Waals surface area contributed by atoms with Gasteiger partial charge in [-0.05, 0) is 51.5 Å². The van der Waals surface area contributed by atoms with Gasteiger partial charge in [-0.15, -0.1) is 0 Å². The van der Waals surface area contributed by atoms with E-state index in [1.807, 2.05) is 45.9 Å². The number of hydrogen-bond acceptors (Lipinski definition) is 3. The van der Waals surface area contributed by atoms with Crippen LogP contribution in [0.4, 0.5) is 0 Å². The van der Waals surface area contributed by atoms with Crippen molar-refractivity contribution in [3.63, 3.8) is 0 Å². The van der Waals surface area contributed by atoms with Crippen molar-refractivity contribution in [2.75, 3.05) is 0 Å². The topological polar surface area (TPSA) is 47.6 Å². The standard InChI is InChI=1S/C22H26ClNO3/c1-5-19(26-16-8-6-7-15(23)12-16)21(25)24-18-13-22(3,4)27-20-10-9-14(2)11-17(18)20/h6-12,18-19H,5,13H2,1-4H3,(H,24,25). The van der Waals surface area contributed by atoms with Crippen LogP contribution in [0.5, 0.6) is 11.5 Å². The lowest BCUT2D eigenvalue weighted by Crippen LogP contribution is -2.45. The fraction of sp³-hybridized carbons (Fsp3) is 0.409. The minimum absolute atomic E-state index is 0.117. The average Bonchev–Trinajstić information content (AvgIpc) is 2.59. The first-order valence-electron chi connectivity index (χ1n) is 9.29. The van der Waals surface area contributed by atoms with Gasteiger partial charge in [0.2, 0.25) is 0 Å². The van der Waals surface area contributed by atoms with Gasteiger partial charge in [0, 0.05) is 17.0 Å². The molecular weight excluding hydrogens is 362 g/mol. The van der Waals surface area contributed by atoms with Crippen LogP contribution >= 0.6 is 11.6 Å². The Bertz CT molecular complexity index is 834. The number of carbonyl (C=O) groups excluding carboxylic acids is 1. The summed E-state index contributed by atoms with van der Waals surface area (Å²) >= 11 is 6.01. The zero-order chi connectivity index (χ0) is 19.6. The van der Waals surface area contributed by atoms with Gasteiger partial charge in [-0.25, -0.2) is 0 Å². The highest BCUT2D eigenvalue weighted by Gasteiger charge is 2.35. The van der Waals surface area contributed by atoms with Gasteiger partial charge in [0.1, 0.15) is 17.1 Å². The van der Waals surface area contributed by atoms with Gasteiger partial charge in [-0.2, -0.15) is 0 Å². The van der Waals surface area contributed by atoms with Crippen molar-refractivity contribution in [3.8, 4) is 11.5 Å². The fourth-order valence-corrected chi connectivity index (χ4v) is 3.57. The molecule has 0 radical (unpaired) electrons. The van der Waals surface area contributed by atoms with Crippen LogP contribution in [0.25, 0.3) is 0 Å². The third-order valence-corrected chi connectivity index (χ3v) is 4.91. The molecule has 4 nitrogen and oxygen atoms in total. The average molecular weight is 388 g/mol. The van der Waals surface area contributed by atoms with Crippen LogP contribution in [0.3, 0.4) is 0 Å². The van der Waals surface area contributed by atoms with Crippen molar-refractivity contribution in [1.29, 1.82) is 0 Å². The molecule has 144 valence electrons. The Morgan fingerprint density at radius 2 is 2.11 bits per heavy atom. The molecule has 0 spiro atoms. The number of carbonyl (C=O) groups is 1. The number of hydrogen-bond donors (Lipinski definition) is 1. The first-order valence-corrected chi connectivity index (χ1v) is 9.67. The number of rotatable bonds is 5. The minimum atomic E-state index is -0.581. The Hall–Kier alpha value is -2.20. The fourth-order valence-electron chi connectivity index (χ4n) is 3.39. The maximum atomic E-state index is 12.9. The number of fused-ring (bicyclic) bond motifs is 1. The number of nitrogens with one attached hydrogen (secondary N) is 1. The van der Waals surface area contributed by atoms with E-state index in [-0.39, 0.29) is 17.6 Å². The Kier molecular flexibility index (Phi) is 5.66. The maximum absolute atomic E-state index is 12.9. The van der Waals surface area contributed by atoms with Gasteiger partial charge >= 0.3 is 0 Å². The number of halogens is 1. The van der Waals surface area contributed by atoms with E-state index in [0.29, 0.717) is 23.6 Å². The van der Waals surface area contributed by atoms with Gasteiger partial charge in [0.05, 0.1) is 6.04 Å². The molecule has 2 unspecified atom stereocenters. The van der Waals surface area contributed by atoms with Crippen molar-refractivity contribution in [1.82, 2.24) is 5.32 Å². The van der Waals surface area contributed by atoms with E-state index in [1.54, 1.807) is 18.2 Å². The SMILES string of the molecule is CCC(Oc1cccc(Cl)c1)C(=O)NC1CC(C)(C)Oc2ccc(C)cc21. The first-order chi connectivity index (χ1) is 12.8. The third-order valence-electron chi connectivity index (χ3n) is 4.68. The van der Waals surface area contributed by atoms with Crippen molar-refractivity contribution in [3.05, 3.63) is 58.6 Å². The predicted octanol–water partition coefficient (Wildman–Crippen LogP) is 5.22. The second-order valence-electron chi connectivity index (χ2n) is 7.64. The molecule has 27 heavy (non-hydrogen) atoms. The summed E-state index contributed by atoms with van der Waals surface area (Å²) in [6.45, 7) is 8.04. The molecule has 3 rings (SSSR count). The molecule has 0 fully saturated rings. The molecule has 0 aliphatic carbocycles. The van der Waals surface area contributed by atoms with Crippen LogP contribution in [0, 0.1) is 6.92 Å². The lowest BCUT2D eigenvalue weighted by molar-refractivity contribution is -0.129. The second kappa shape index (κ2) is 7.81. The van der Waals surface area contributed by atoms with Crippen molar-refractivity contribution in [2.24, 2.45) is 0 Å². The normalized spacial score (nSPS) is 18.8. The van der Waals surface area contributed by atoms with Crippen LogP contribution in [0.15, 0.2) is 42.5 Å². The lowest BCUT2D eigenvalue weighted by atomic mass is 9.88. The van der Waals surface area contributed by atoms with Crippen LogP contribution in [-0.4, -0.2) is 17.6 Å². The highest BCUT2D eigenvalue weighted by Crippen LogP contribution is 2.40. The van der Waals surface area contributed by atoms with E-state index in [2.05, 4.69) is 11.4 Å².